The summed E-state index contributed by atoms with van der Waals surface area (Å²) < 4.78 is 28.3. The zero-order valence-corrected chi connectivity index (χ0v) is 26.3. The van der Waals surface area contributed by atoms with Gasteiger partial charge in [-0.25, -0.2) is 0 Å². The summed E-state index contributed by atoms with van der Waals surface area (Å²) in [6.45, 7) is 12.5. The SMILES string of the molecule is CC/C=C(/C#N)C(=O)[C@@](C)(CO)[C@@H]1CC[C@]2(C)C(=CC(=O)C3C4CC(C)(C)CC[C@]4(NC(=O)C(C)(F)F)CC[C@]32C)C1. The van der Waals surface area contributed by atoms with Gasteiger partial charge in [0, 0.05) is 18.4 Å². The Morgan fingerprint density at radius 1 is 1.14 bits per heavy atom. The van der Waals surface area contributed by atoms with E-state index < -0.39 is 40.7 Å². The van der Waals surface area contributed by atoms with Gasteiger partial charge in [0.15, 0.2) is 11.6 Å². The van der Waals surface area contributed by atoms with Crippen LogP contribution in [-0.2, 0) is 14.4 Å². The fourth-order valence-electron chi connectivity index (χ4n) is 9.13. The lowest BCUT2D eigenvalue weighted by molar-refractivity contribution is -0.165. The second-order valence-electron chi connectivity index (χ2n) is 15.3. The third-order valence-electron chi connectivity index (χ3n) is 12.2. The van der Waals surface area contributed by atoms with E-state index >= 15 is 0 Å². The van der Waals surface area contributed by atoms with E-state index in [0.29, 0.717) is 58.3 Å². The number of nitriles is 1. The van der Waals surface area contributed by atoms with Crippen molar-refractivity contribution in [2.75, 3.05) is 6.61 Å². The molecule has 3 saturated carbocycles. The van der Waals surface area contributed by atoms with Crippen molar-refractivity contribution in [3.8, 4) is 6.07 Å². The monoisotopic (exact) mass is 586 g/mol. The average molecular weight is 587 g/mol. The second-order valence-corrected chi connectivity index (χ2v) is 15.3. The van der Waals surface area contributed by atoms with Gasteiger partial charge >= 0.3 is 5.92 Å². The first-order valence-electron chi connectivity index (χ1n) is 15.6. The molecule has 0 heterocycles. The molecule has 4 aliphatic rings. The number of halogens is 2. The number of rotatable bonds is 7. The van der Waals surface area contributed by atoms with Crippen LogP contribution in [0.2, 0.25) is 0 Å². The number of fused-ring (bicyclic) bond motifs is 5. The van der Waals surface area contributed by atoms with E-state index in [4.69, 9.17) is 0 Å². The van der Waals surface area contributed by atoms with Crippen LogP contribution in [0.25, 0.3) is 0 Å². The van der Waals surface area contributed by atoms with Crippen LogP contribution in [0.4, 0.5) is 8.78 Å². The lowest BCUT2D eigenvalue weighted by Crippen LogP contribution is -2.69. The van der Waals surface area contributed by atoms with Crippen LogP contribution in [0.1, 0.15) is 106 Å². The van der Waals surface area contributed by atoms with Crippen LogP contribution in [0.5, 0.6) is 0 Å². The molecular formula is C34H48F2N2O4. The smallest absolute Gasteiger partial charge is 0.321 e. The zero-order chi connectivity index (χ0) is 31.5. The van der Waals surface area contributed by atoms with Crippen LogP contribution in [0.15, 0.2) is 23.3 Å². The number of aliphatic hydroxyl groups is 1. The molecule has 2 N–H and O–H groups in total. The zero-order valence-electron chi connectivity index (χ0n) is 26.3. The topological polar surface area (TPSA) is 107 Å². The molecule has 0 saturated heterocycles. The molecule has 0 aromatic rings. The number of hydrogen-bond donors (Lipinski definition) is 2. The Balaban J connectivity index is 1.74. The van der Waals surface area contributed by atoms with E-state index in [1.807, 2.05) is 13.0 Å². The van der Waals surface area contributed by atoms with Gasteiger partial charge in [0.25, 0.3) is 5.91 Å². The lowest BCUT2D eigenvalue weighted by atomic mass is 9.38. The highest BCUT2D eigenvalue weighted by atomic mass is 19.3. The summed E-state index contributed by atoms with van der Waals surface area (Å²) in [4.78, 5) is 40.4. The van der Waals surface area contributed by atoms with E-state index in [0.717, 1.165) is 12.0 Å². The predicted molar refractivity (Wildman–Crippen MR) is 156 cm³/mol. The van der Waals surface area contributed by atoms with Gasteiger partial charge in [0.2, 0.25) is 0 Å². The molecule has 3 fully saturated rings. The molecule has 6 nitrogen and oxygen atoms in total. The highest BCUT2D eigenvalue weighted by Crippen LogP contribution is 2.69. The fraction of sp³-hybridized carbons (Fsp3) is 0.765. The van der Waals surface area contributed by atoms with Crippen molar-refractivity contribution in [1.29, 1.82) is 5.26 Å². The van der Waals surface area contributed by atoms with Crippen LogP contribution in [0.3, 0.4) is 0 Å². The Kier molecular flexibility index (Phi) is 8.24. The summed E-state index contributed by atoms with van der Waals surface area (Å²) in [5.74, 6) is -6.10. The Labute approximate surface area is 249 Å². The molecule has 232 valence electrons. The van der Waals surface area contributed by atoms with Crippen LogP contribution < -0.4 is 5.32 Å². The highest BCUT2D eigenvalue weighted by Gasteiger charge is 2.67. The molecule has 42 heavy (non-hydrogen) atoms. The maximum absolute atomic E-state index is 14.2. The third kappa shape index (κ3) is 4.98. The van der Waals surface area contributed by atoms with Crippen molar-refractivity contribution in [2.45, 2.75) is 118 Å². The molecule has 0 bridgehead atoms. The standard InChI is InChI=1S/C34H48F2N2O4/c1-8-9-21(19-37)27(41)30(4,20-39)22-10-11-31(5)23(16-22)17-25(40)26-24-18-29(2,3)12-14-34(24,15-13-32(26,31)6)38-28(42)33(7,35)36/h9,17,22,24,26,39H,8,10-16,18,20H2,1-7H3,(H,38,42)/b21-9-/t22-,24?,26?,30+,31-,32-,34+/m1/s1. The number of amides is 1. The predicted octanol–water partition coefficient (Wildman–Crippen LogP) is 6.48. The minimum Gasteiger partial charge on any atom is -0.395 e. The minimum absolute atomic E-state index is 0.0319. The van der Waals surface area contributed by atoms with E-state index in [2.05, 4.69) is 33.0 Å². The Morgan fingerprint density at radius 3 is 2.36 bits per heavy atom. The number of ketones is 2. The molecule has 0 aromatic carbocycles. The van der Waals surface area contributed by atoms with Gasteiger partial charge in [0.05, 0.1) is 17.6 Å². The number of nitrogens with zero attached hydrogens (tertiary/aromatic N) is 1. The van der Waals surface area contributed by atoms with Gasteiger partial charge in [-0.05, 0) is 98.9 Å². The molecule has 4 rings (SSSR count). The number of carbonyl (C=O) groups excluding carboxylic acids is 3. The Bertz CT molecular complexity index is 1260. The summed E-state index contributed by atoms with van der Waals surface area (Å²) in [6.07, 6.45) is 8.85. The first-order chi connectivity index (χ1) is 19.3. The van der Waals surface area contributed by atoms with E-state index in [1.165, 1.54) is 0 Å². The van der Waals surface area contributed by atoms with Crippen molar-refractivity contribution in [1.82, 2.24) is 5.32 Å². The summed E-state index contributed by atoms with van der Waals surface area (Å²) >= 11 is 0. The van der Waals surface area contributed by atoms with Crippen molar-refractivity contribution in [3.05, 3.63) is 23.3 Å². The maximum Gasteiger partial charge on any atom is 0.321 e. The van der Waals surface area contributed by atoms with Crippen LogP contribution >= 0.6 is 0 Å². The summed E-state index contributed by atoms with van der Waals surface area (Å²) in [7, 11) is 0. The number of alkyl halides is 2. The highest BCUT2D eigenvalue weighted by molar-refractivity contribution is 6.03. The number of allylic oxidation sites excluding steroid dienone is 4. The molecule has 7 atom stereocenters. The van der Waals surface area contributed by atoms with Gasteiger partial charge in [-0.3, -0.25) is 14.4 Å². The molecular weight excluding hydrogens is 538 g/mol. The molecule has 0 spiro atoms. The van der Waals surface area contributed by atoms with Crippen LogP contribution in [0, 0.1) is 50.7 Å². The average Bonchev–Trinajstić information content (AvgIpc) is 2.91. The molecule has 1 amide bonds. The number of Topliss-reactive ketones (excluding diaryl/α,β-unsaturated/α-hetero) is 1. The molecule has 4 aliphatic carbocycles. The van der Waals surface area contributed by atoms with Gasteiger partial charge in [-0.1, -0.05) is 46.3 Å². The van der Waals surface area contributed by atoms with E-state index in [9.17, 15) is 33.5 Å². The maximum atomic E-state index is 14.2. The first-order valence-corrected chi connectivity index (χ1v) is 15.6. The van der Waals surface area contributed by atoms with E-state index in [-0.39, 0.29) is 39.8 Å². The van der Waals surface area contributed by atoms with Crippen molar-refractivity contribution < 1.29 is 28.3 Å². The van der Waals surface area contributed by atoms with E-state index in [1.54, 1.807) is 19.1 Å². The Morgan fingerprint density at radius 2 is 1.79 bits per heavy atom. The van der Waals surface area contributed by atoms with Crippen molar-refractivity contribution >= 4 is 17.5 Å². The Hall–Kier alpha value is -2.40. The summed E-state index contributed by atoms with van der Waals surface area (Å²) in [6, 6.07) is 2.01. The van der Waals surface area contributed by atoms with Crippen molar-refractivity contribution in [2.24, 2.45) is 39.4 Å². The lowest BCUT2D eigenvalue weighted by Gasteiger charge is -2.66. The van der Waals surface area contributed by atoms with Gasteiger partial charge < -0.3 is 10.4 Å². The van der Waals surface area contributed by atoms with Gasteiger partial charge in [-0.2, -0.15) is 14.0 Å². The third-order valence-corrected chi connectivity index (χ3v) is 12.2. The van der Waals surface area contributed by atoms with Crippen molar-refractivity contribution in [3.63, 3.8) is 0 Å². The van der Waals surface area contributed by atoms with Gasteiger partial charge in [-0.15, -0.1) is 0 Å². The fourth-order valence-corrected chi connectivity index (χ4v) is 9.13. The number of nitrogens with one attached hydrogen (secondary N) is 1. The van der Waals surface area contributed by atoms with Crippen LogP contribution in [-0.4, -0.2) is 40.6 Å². The summed E-state index contributed by atoms with van der Waals surface area (Å²) in [5, 5.41) is 22.9. The normalized spacial score (nSPS) is 37.6. The second kappa shape index (κ2) is 10.6. The molecule has 0 aromatic heterocycles. The quantitative estimate of drug-likeness (QED) is 0.262. The summed E-state index contributed by atoms with van der Waals surface area (Å²) in [5.41, 5.74) is -1.89. The number of aliphatic hydroxyl groups excluding tert-OH is 1. The number of hydrogen-bond acceptors (Lipinski definition) is 5. The molecule has 2 unspecified atom stereocenters. The molecule has 8 heteroatoms. The largest absolute Gasteiger partial charge is 0.395 e. The molecule has 0 radical (unpaired) electrons. The number of carbonyl (C=O) groups is 3. The minimum atomic E-state index is -3.50. The first kappa shape index (κ1) is 32.5. The molecule has 0 aliphatic heterocycles. The van der Waals surface area contributed by atoms with Gasteiger partial charge in [0.1, 0.15) is 6.07 Å².